The molecule has 1 aromatic carbocycles. The van der Waals surface area contributed by atoms with E-state index in [9.17, 15) is 18.4 Å². The van der Waals surface area contributed by atoms with Crippen molar-refractivity contribution in [2.45, 2.75) is 38.5 Å². The molecule has 136 valence electrons. The predicted molar refractivity (Wildman–Crippen MR) is 90.0 cm³/mol. The molecule has 0 radical (unpaired) electrons. The smallest absolute Gasteiger partial charge is 0.259 e. The van der Waals surface area contributed by atoms with Gasteiger partial charge in [0, 0.05) is 32.6 Å². The predicted octanol–water partition coefficient (Wildman–Crippen LogP) is 3.22. The van der Waals surface area contributed by atoms with Gasteiger partial charge in [-0.05, 0) is 24.5 Å². The summed E-state index contributed by atoms with van der Waals surface area (Å²) in [4.78, 5) is 27.9. The van der Waals surface area contributed by atoms with Crippen molar-refractivity contribution in [1.82, 2.24) is 9.80 Å². The largest absolute Gasteiger partial charge is 0.339 e. The van der Waals surface area contributed by atoms with Crippen LogP contribution in [-0.4, -0.2) is 47.8 Å². The summed E-state index contributed by atoms with van der Waals surface area (Å²) in [7, 11) is 0. The highest BCUT2D eigenvalue weighted by molar-refractivity contribution is 5.95. The van der Waals surface area contributed by atoms with E-state index in [2.05, 4.69) is 0 Å². The topological polar surface area (TPSA) is 40.6 Å². The van der Waals surface area contributed by atoms with Gasteiger partial charge in [-0.2, -0.15) is 0 Å². The van der Waals surface area contributed by atoms with Crippen molar-refractivity contribution in [2.24, 2.45) is 5.92 Å². The summed E-state index contributed by atoms with van der Waals surface area (Å²) in [6.07, 6.45) is 6.49. The van der Waals surface area contributed by atoms with Crippen LogP contribution in [0.5, 0.6) is 0 Å². The highest BCUT2D eigenvalue weighted by atomic mass is 19.1. The van der Waals surface area contributed by atoms with Gasteiger partial charge in [-0.25, -0.2) is 8.78 Å². The van der Waals surface area contributed by atoms with Crippen LogP contribution in [0.15, 0.2) is 18.2 Å². The molecule has 25 heavy (non-hydrogen) atoms. The van der Waals surface area contributed by atoms with Gasteiger partial charge >= 0.3 is 0 Å². The molecule has 0 bridgehead atoms. The van der Waals surface area contributed by atoms with Crippen LogP contribution in [0.2, 0.25) is 0 Å². The minimum absolute atomic E-state index is 0.121. The van der Waals surface area contributed by atoms with Gasteiger partial charge in [0.15, 0.2) is 0 Å². The lowest BCUT2D eigenvalue weighted by molar-refractivity contribution is -0.133. The van der Waals surface area contributed by atoms with Crippen molar-refractivity contribution in [1.29, 1.82) is 0 Å². The number of hydrogen-bond acceptors (Lipinski definition) is 2. The van der Waals surface area contributed by atoms with Gasteiger partial charge < -0.3 is 9.80 Å². The number of hydrogen-bond donors (Lipinski definition) is 0. The van der Waals surface area contributed by atoms with Crippen molar-refractivity contribution in [3.8, 4) is 0 Å². The molecule has 1 heterocycles. The molecular weight excluding hydrogens is 326 g/mol. The maximum Gasteiger partial charge on any atom is 0.259 e. The molecule has 0 aromatic heterocycles. The highest BCUT2D eigenvalue weighted by Gasteiger charge is 2.28. The van der Waals surface area contributed by atoms with Crippen molar-refractivity contribution >= 4 is 11.8 Å². The average molecular weight is 350 g/mol. The van der Waals surface area contributed by atoms with Crippen LogP contribution >= 0.6 is 0 Å². The van der Waals surface area contributed by atoms with E-state index in [0.29, 0.717) is 38.5 Å². The monoisotopic (exact) mass is 350 g/mol. The molecule has 2 aliphatic rings. The Morgan fingerprint density at radius 3 is 2.12 bits per heavy atom. The molecule has 0 atom stereocenters. The molecule has 1 aliphatic heterocycles. The zero-order valence-corrected chi connectivity index (χ0v) is 14.3. The van der Waals surface area contributed by atoms with E-state index in [0.717, 1.165) is 18.6 Å². The fourth-order valence-electron chi connectivity index (χ4n) is 3.80. The van der Waals surface area contributed by atoms with E-state index in [4.69, 9.17) is 0 Å². The Labute approximate surface area is 146 Å². The van der Waals surface area contributed by atoms with E-state index < -0.39 is 23.1 Å². The maximum absolute atomic E-state index is 13.8. The second-order valence-electron chi connectivity index (χ2n) is 6.96. The van der Waals surface area contributed by atoms with Crippen molar-refractivity contribution in [3.05, 3.63) is 35.4 Å². The summed E-state index contributed by atoms with van der Waals surface area (Å²) in [6.45, 7) is 1.46. The van der Waals surface area contributed by atoms with Gasteiger partial charge in [-0.15, -0.1) is 0 Å². The number of carbonyl (C=O) groups excluding carboxylic acids is 2. The zero-order valence-electron chi connectivity index (χ0n) is 14.3. The minimum atomic E-state index is -0.847. The molecule has 1 aromatic rings. The normalized spacial score (nSPS) is 18.6. The van der Waals surface area contributed by atoms with E-state index in [-0.39, 0.29) is 5.91 Å². The first-order valence-corrected chi connectivity index (χ1v) is 9.07. The molecule has 0 unspecified atom stereocenters. The summed E-state index contributed by atoms with van der Waals surface area (Å²) >= 11 is 0. The van der Waals surface area contributed by atoms with E-state index in [1.54, 1.807) is 4.90 Å². The summed E-state index contributed by atoms with van der Waals surface area (Å²) in [5, 5.41) is 0. The minimum Gasteiger partial charge on any atom is -0.339 e. The molecule has 0 N–H and O–H groups in total. The summed E-state index contributed by atoms with van der Waals surface area (Å²) in [6, 6.07) is 3.40. The van der Waals surface area contributed by atoms with Gasteiger partial charge in [0.2, 0.25) is 5.91 Å². The first-order valence-electron chi connectivity index (χ1n) is 9.07. The van der Waals surface area contributed by atoms with Crippen LogP contribution in [-0.2, 0) is 4.79 Å². The SMILES string of the molecule is O=C(CCC1CCCC1)N1CCN(C(=O)c2c(F)cccc2F)CC1. The summed E-state index contributed by atoms with van der Waals surface area (Å²) in [5.74, 6) is -1.54. The van der Waals surface area contributed by atoms with Gasteiger partial charge in [0.1, 0.15) is 17.2 Å². The average Bonchev–Trinajstić information content (AvgIpc) is 3.13. The van der Waals surface area contributed by atoms with Crippen LogP contribution in [0.25, 0.3) is 0 Å². The molecule has 3 rings (SSSR count). The number of rotatable bonds is 4. The number of halogens is 2. The van der Waals surface area contributed by atoms with Crippen LogP contribution in [0, 0.1) is 17.6 Å². The Kier molecular flexibility index (Phi) is 5.66. The van der Waals surface area contributed by atoms with Crippen molar-refractivity contribution < 1.29 is 18.4 Å². The second kappa shape index (κ2) is 7.93. The first kappa shape index (κ1) is 17.8. The van der Waals surface area contributed by atoms with Gasteiger partial charge in [0.25, 0.3) is 5.91 Å². The Balaban J connectivity index is 1.51. The number of piperazine rings is 1. The van der Waals surface area contributed by atoms with Crippen molar-refractivity contribution in [2.75, 3.05) is 26.2 Å². The third kappa shape index (κ3) is 4.17. The Bertz CT molecular complexity index is 616. The molecular formula is C19H24F2N2O2. The lowest BCUT2D eigenvalue weighted by Gasteiger charge is -2.35. The molecule has 2 fully saturated rings. The van der Waals surface area contributed by atoms with Crippen LogP contribution in [0.3, 0.4) is 0 Å². The summed E-state index contributed by atoms with van der Waals surface area (Å²) in [5.41, 5.74) is -0.511. The Hall–Kier alpha value is -1.98. The molecule has 2 amide bonds. The maximum atomic E-state index is 13.8. The molecule has 6 heteroatoms. The Morgan fingerprint density at radius 2 is 1.52 bits per heavy atom. The fraction of sp³-hybridized carbons (Fsp3) is 0.579. The highest BCUT2D eigenvalue weighted by Crippen LogP contribution is 2.28. The van der Waals surface area contributed by atoms with Crippen molar-refractivity contribution in [3.63, 3.8) is 0 Å². The number of benzene rings is 1. The number of carbonyl (C=O) groups is 2. The number of amides is 2. The molecule has 1 saturated heterocycles. The van der Waals surface area contributed by atoms with Crippen LogP contribution in [0.4, 0.5) is 8.78 Å². The van der Waals surface area contributed by atoms with E-state index in [1.807, 2.05) is 0 Å². The van der Waals surface area contributed by atoms with Crippen LogP contribution in [0.1, 0.15) is 48.9 Å². The fourth-order valence-corrected chi connectivity index (χ4v) is 3.80. The van der Waals surface area contributed by atoms with Crippen LogP contribution < -0.4 is 0 Å². The second-order valence-corrected chi connectivity index (χ2v) is 6.96. The van der Waals surface area contributed by atoms with Gasteiger partial charge in [-0.1, -0.05) is 31.7 Å². The lowest BCUT2D eigenvalue weighted by Crippen LogP contribution is -2.50. The zero-order chi connectivity index (χ0) is 17.8. The van der Waals surface area contributed by atoms with E-state index >= 15 is 0 Å². The standard InChI is InChI=1S/C19H24F2N2O2/c20-15-6-3-7-16(21)18(15)19(25)23-12-10-22(11-13-23)17(24)9-8-14-4-1-2-5-14/h3,6-7,14H,1-2,4-5,8-13H2. The third-order valence-electron chi connectivity index (χ3n) is 5.34. The molecule has 1 saturated carbocycles. The van der Waals surface area contributed by atoms with Gasteiger partial charge in [-0.3, -0.25) is 9.59 Å². The third-order valence-corrected chi connectivity index (χ3v) is 5.34. The number of nitrogens with zero attached hydrogens (tertiary/aromatic N) is 2. The summed E-state index contributed by atoms with van der Waals surface area (Å²) < 4.78 is 27.5. The molecule has 1 aliphatic carbocycles. The van der Waals surface area contributed by atoms with E-state index in [1.165, 1.54) is 36.6 Å². The quantitative estimate of drug-likeness (QED) is 0.837. The Morgan fingerprint density at radius 1 is 0.960 bits per heavy atom. The molecule has 0 spiro atoms. The van der Waals surface area contributed by atoms with Gasteiger partial charge in [0.05, 0.1) is 0 Å². The first-order chi connectivity index (χ1) is 12.1. The lowest BCUT2D eigenvalue weighted by atomic mass is 10.0. The molecule has 4 nitrogen and oxygen atoms in total.